The molecule has 0 spiro atoms. The Bertz CT molecular complexity index is 1320. The number of rotatable bonds is 6. The van der Waals surface area contributed by atoms with Crippen molar-refractivity contribution < 1.29 is 28.2 Å². The van der Waals surface area contributed by atoms with Gasteiger partial charge in [-0.2, -0.15) is 0 Å². The van der Waals surface area contributed by atoms with Crippen LogP contribution in [0.1, 0.15) is 49.6 Å². The van der Waals surface area contributed by atoms with Crippen LogP contribution in [-0.4, -0.2) is 28.4 Å². The van der Waals surface area contributed by atoms with E-state index in [1.165, 1.54) is 6.20 Å². The molecule has 180 valence electrons. The van der Waals surface area contributed by atoms with Gasteiger partial charge in [0.05, 0.1) is 23.6 Å². The number of amides is 1. The van der Waals surface area contributed by atoms with Crippen LogP contribution in [0.4, 0.5) is 14.5 Å². The summed E-state index contributed by atoms with van der Waals surface area (Å²) >= 11 is 0. The summed E-state index contributed by atoms with van der Waals surface area (Å²) in [6.45, 7) is 6.23. The van der Waals surface area contributed by atoms with Crippen LogP contribution in [-0.2, 0) is 9.59 Å². The van der Waals surface area contributed by atoms with E-state index in [4.69, 9.17) is 4.74 Å². The number of halogens is 2. The fraction of sp³-hybridized carbons (Fsp3) is 0.222. The SMILES string of the molecule is CCOc1ccc(/C(O)=C2/C(=O)C(=O)N(c3cc(F)ccc3F)C2c2ccccn2)cc1C(C)C. The van der Waals surface area contributed by atoms with Crippen LogP contribution in [0.15, 0.2) is 66.4 Å². The summed E-state index contributed by atoms with van der Waals surface area (Å²) in [7, 11) is 0. The molecular weight excluding hydrogens is 454 g/mol. The monoisotopic (exact) mass is 478 g/mol. The maximum atomic E-state index is 14.7. The minimum Gasteiger partial charge on any atom is -0.507 e. The predicted molar refractivity (Wildman–Crippen MR) is 127 cm³/mol. The van der Waals surface area contributed by atoms with Gasteiger partial charge < -0.3 is 9.84 Å². The zero-order chi connectivity index (χ0) is 25.3. The van der Waals surface area contributed by atoms with Gasteiger partial charge in [-0.05, 0) is 60.9 Å². The molecule has 2 aromatic carbocycles. The van der Waals surface area contributed by atoms with Crippen molar-refractivity contribution in [3.63, 3.8) is 0 Å². The molecule has 3 aromatic rings. The van der Waals surface area contributed by atoms with E-state index in [1.54, 1.807) is 36.4 Å². The molecule has 35 heavy (non-hydrogen) atoms. The second-order valence-electron chi connectivity index (χ2n) is 8.36. The molecule has 0 bridgehead atoms. The molecule has 1 unspecified atom stereocenters. The average molecular weight is 478 g/mol. The minimum absolute atomic E-state index is 0.0414. The number of benzene rings is 2. The summed E-state index contributed by atoms with van der Waals surface area (Å²) in [5.74, 6) is -3.55. The van der Waals surface area contributed by atoms with Gasteiger partial charge in [0, 0.05) is 17.8 Å². The quantitative estimate of drug-likeness (QED) is 0.287. The zero-order valence-electron chi connectivity index (χ0n) is 19.5. The molecule has 0 saturated carbocycles. The number of anilines is 1. The summed E-state index contributed by atoms with van der Waals surface area (Å²) in [6.07, 6.45) is 1.45. The van der Waals surface area contributed by atoms with E-state index in [-0.39, 0.29) is 22.7 Å². The molecule has 2 heterocycles. The first-order chi connectivity index (χ1) is 16.7. The number of aliphatic hydroxyl groups is 1. The number of Topliss-reactive ketones (excluding diaryl/α,β-unsaturated/α-hetero) is 1. The number of carbonyl (C=O) groups excluding carboxylic acids is 2. The molecular formula is C27H24F2N2O4. The number of ketones is 1. The highest BCUT2D eigenvalue weighted by Crippen LogP contribution is 2.43. The number of pyridine rings is 1. The molecule has 1 aliphatic heterocycles. The molecule has 8 heteroatoms. The highest BCUT2D eigenvalue weighted by molar-refractivity contribution is 6.51. The Morgan fingerprint density at radius 3 is 2.54 bits per heavy atom. The van der Waals surface area contributed by atoms with E-state index in [1.807, 2.05) is 20.8 Å². The first kappa shape index (κ1) is 24.1. The summed E-state index contributed by atoms with van der Waals surface area (Å²) in [6, 6.07) is 11.1. The third-order valence-electron chi connectivity index (χ3n) is 5.79. The Morgan fingerprint density at radius 2 is 1.89 bits per heavy atom. The number of aromatic nitrogens is 1. The highest BCUT2D eigenvalue weighted by Gasteiger charge is 2.48. The van der Waals surface area contributed by atoms with Gasteiger partial charge in [0.15, 0.2) is 0 Å². The van der Waals surface area contributed by atoms with E-state index in [9.17, 15) is 23.5 Å². The Morgan fingerprint density at radius 1 is 1.11 bits per heavy atom. The third kappa shape index (κ3) is 4.39. The van der Waals surface area contributed by atoms with Crippen LogP contribution < -0.4 is 9.64 Å². The maximum absolute atomic E-state index is 14.7. The van der Waals surface area contributed by atoms with E-state index < -0.39 is 40.8 Å². The predicted octanol–water partition coefficient (Wildman–Crippen LogP) is 5.51. The summed E-state index contributed by atoms with van der Waals surface area (Å²) < 4.78 is 34.4. The lowest BCUT2D eigenvalue weighted by Gasteiger charge is -2.25. The van der Waals surface area contributed by atoms with Crippen LogP contribution in [0.3, 0.4) is 0 Å². The second kappa shape index (κ2) is 9.66. The van der Waals surface area contributed by atoms with Crippen molar-refractivity contribution in [2.75, 3.05) is 11.5 Å². The van der Waals surface area contributed by atoms with Crippen molar-refractivity contribution in [1.82, 2.24) is 4.98 Å². The molecule has 1 atom stereocenters. The first-order valence-corrected chi connectivity index (χ1v) is 11.2. The fourth-order valence-corrected chi connectivity index (χ4v) is 4.16. The topological polar surface area (TPSA) is 79.7 Å². The van der Waals surface area contributed by atoms with Crippen molar-refractivity contribution >= 4 is 23.1 Å². The van der Waals surface area contributed by atoms with Gasteiger partial charge >= 0.3 is 0 Å². The Hall–Kier alpha value is -4.07. The van der Waals surface area contributed by atoms with Crippen molar-refractivity contribution in [2.45, 2.75) is 32.7 Å². The molecule has 0 radical (unpaired) electrons. The van der Waals surface area contributed by atoms with Gasteiger partial charge in [-0.1, -0.05) is 19.9 Å². The summed E-state index contributed by atoms with van der Waals surface area (Å²) in [5, 5.41) is 11.3. The maximum Gasteiger partial charge on any atom is 0.300 e. The minimum atomic E-state index is -1.26. The summed E-state index contributed by atoms with van der Waals surface area (Å²) in [5.41, 5.74) is 0.617. The van der Waals surface area contributed by atoms with Gasteiger partial charge in [0.2, 0.25) is 0 Å². The summed E-state index contributed by atoms with van der Waals surface area (Å²) in [4.78, 5) is 31.4. The van der Waals surface area contributed by atoms with Crippen LogP contribution in [0.25, 0.3) is 5.76 Å². The van der Waals surface area contributed by atoms with E-state index in [2.05, 4.69) is 4.98 Å². The molecule has 6 nitrogen and oxygen atoms in total. The standard InChI is InChI=1S/C27H24F2N2O4/c1-4-35-22-11-8-16(13-18(22)15(2)3)25(32)23-24(20-7-5-6-12-30-20)31(27(34)26(23)33)21-14-17(28)9-10-19(21)29/h5-15,24,32H,4H2,1-3H3/b25-23-. The highest BCUT2D eigenvalue weighted by atomic mass is 19.1. The van der Waals surface area contributed by atoms with Crippen molar-refractivity contribution in [3.05, 3.63) is 94.8 Å². The largest absolute Gasteiger partial charge is 0.507 e. The number of nitrogens with zero attached hydrogens (tertiary/aromatic N) is 2. The first-order valence-electron chi connectivity index (χ1n) is 11.2. The Balaban J connectivity index is 1.95. The second-order valence-corrected chi connectivity index (χ2v) is 8.36. The molecule has 1 aromatic heterocycles. The Labute approximate surface area is 201 Å². The van der Waals surface area contributed by atoms with Crippen LogP contribution in [0.5, 0.6) is 5.75 Å². The molecule has 1 fully saturated rings. The molecule has 1 N–H and O–H groups in total. The molecule has 1 amide bonds. The zero-order valence-corrected chi connectivity index (χ0v) is 19.5. The third-order valence-corrected chi connectivity index (χ3v) is 5.79. The number of carbonyl (C=O) groups is 2. The lowest BCUT2D eigenvalue weighted by molar-refractivity contribution is -0.132. The van der Waals surface area contributed by atoms with E-state index in [0.29, 0.717) is 12.4 Å². The fourth-order valence-electron chi connectivity index (χ4n) is 4.16. The van der Waals surface area contributed by atoms with Crippen molar-refractivity contribution in [2.24, 2.45) is 0 Å². The lowest BCUT2D eigenvalue weighted by Crippen LogP contribution is -2.30. The average Bonchev–Trinajstić information content (AvgIpc) is 3.11. The van der Waals surface area contributed by atoms with Crippen LogP contribution in [0.2, 0.25) is 0 Å². The van der Waals surface area contributed by atoms with Crippen LogP contribution >= 0.6 is 0 Å². The van der Waals surface area contributed by atoms with E-state index >= 15 is 0 Å². The van der Waals surface area contributed by atoms with Crippen molar-refractivity contribution in [1.29, 1.82) is 0 Å². The van der Waals surface area contributed by atoms with Gasteiger partial charge in [0.1, 0.15) is 29.2 Å². The molecule has 0 aliphatic carbocycles. The molecule has 1 saturated heterocycles. The van der Waals surface area contributed by atoms with E-state index in [0.717, 1.165) is 28.7 Å². The number of ether oxygens (including phenoxy) is 1. The number of aliphatic hydroxyl groups excluding tert-OH is 1. The lowest BCUT2D eigenvalue weighted by atomic mass is 9.94. The molecule has 4 rings (SSSR count). The number of hydrogen-bond donors (Lipinski definition) is 1. The van der Waals surface area contributed by atoms with Gasteiger partial charge in [-0.3, -0.25) is 19.5 Å². The van der Waals surface area contributed by atoms with Gasteiger partial charge in [0.25, 0.3) is 11.7 Å². The van der Waals surface area contributed by atoms with Gasteiger partial charge in [-0.15, -0.1) is 0 Å². The molecule has 1 aliphatic rings. The Kier molecular flexibility index (Phi) is 6.64. The smallest absolute Gasteiger partial charge is 0.300 e. The van der Waals surface area contributed by atoms with Crippen molar-refractivity contribution in [3.8, 4) is 5.75 Å². The normalized spacial score (nSPS) is 17.3. The van der Waals surface area contributed by atoms with Gasteiger partial charge in [-0.25, -0.2) is 8.78 Å². The number of hydrogen-bond acceptors (Lipinski definition) is 5. The van der Waals surface area contributed by atoms with Crippen LogP contribution in [0, 0.1) is 11.6 Å².